The highest BCUT2D eigenvalue weighted by atomic mass is 16.3. The molecule has 2 N–H and O–H groups in total. The van der Waals surface area contributed by atoms with Crippen molar-refractivity contribution in [3.8, 4) is 0 Å². The zero-order valence-electron chi connectivity index (χ0n) is 7.51. The zero-order chi connectivity index (χ0) is 8.27. The van der Waals surface area contributed by atoms with Gasteiger partial charge in [-0.1, -0.05) is 13.8 Å². The first-order valence-electron chi connectivity index (χ1n) is 4.59. The average Bonchev–Trinajstić information content (AvgIpc) is 2.34. The molecule has 0 spiro atoms. The Morgan fingerprint density at radius 3 is 2.64 bits per heavy atom. The molecule has 0 aliphatic heterocycles. The molecule has 1 aliphatic rings. The third-order valence-electron chi connectivity index (χ3n) is 2.37. The van der Waals surface area contributed by atoms with E-state index in [-0.39, 0.29) is 0 Å². The van der Waals surface area contributed by atoms with Crippen LogP contribution in [0.1, 0.15) is 33.1 Å². The highest BCUT2D eigenvalue weighted by Gasteiger charge is 2.23. The first kappa shape index (κ1) is 9.01. The van der Waals surface area contributed by atoms with E-state index >= 15 is 0 Å². The van der Waals surface area contributed by atoms with Crippen LogP contribution >= 0.6 is 0 Å². The Kier molecular flexibility index (Phi) is 3.34. The van der Waals surface area contributed by atoms with Crippen LogP contribution in [0.3, 0.4) is 0 Å². The third kappa shape index (κ3) is 2.80. The fraction of sp³-hybridized carbons (Fsp3) is 1.00. The zero-order valence-corrected chi connectivity index (χ0v) is 7.51. The van der Waals surface area contributed by atoms with E-state index < -0.39 is 0 Å². The molecule has 1 aliphatic carbocycles. The van der Waals surface area contributed by atoms with Gasteiger partial charge in [-0.05, 0) is 25.2 Å². The van der Waals surface area contributed by atoms with Gasteiger partial charge in [0, 0.05) is 18.7 Å². The molecule has 1 fully saturated rings. The van der Waals surface area contributed by atoms with E-state index in [1.807, 2.05) is 0 Å². The molecule has 66 valence electrons. The minimum Gasteiger partial charge on any atom is -0.396 e. The van der Waals surface area contributed by atoms with Crippen LogP contribution in [0.5, 0.6) is 0 Å². The second kappa shape index (κ2) is 4.07. The molecular formula is C9H19NO. The molecule has 0 radical (unpaired) electrons. The summed E-state index contributed by atoms with van der Waals surface area (Å²) >= 11 is 0. The van der Waals surface area contributed by atoms with Gasteiger partial charge in [-0.2, -0.15) is 0 Å². The Morgan fingerprint density at radius 1 is 1.45 bits per heavy atom. The summed E-state index contributed by atoms with van der Waals surface area (Å²) in [5.74, 6) is 0.561. The van der Waals surface area contributed by atoms with Crippen LogP contribution in [-0.4, -0.2) is 23.8 Å². The molecule has 2 heteroatoms. The van der Waals surface area contributed by atoms with Gasteiger partial charge in [0.25, 0.3) is 0 Å². The summed E-state index contributed by atoms with van der Waals surface area (Å²) in [5, 5.41) is 12.4. The molecule has 0 aromatic rings. The molecule has 0 aromatic heterocycles. The molecule has 0 saturated heterocycles. The normalized spacial score (nSPS) is 31.6. The van der Waals surface area contributed by atoms with Crippen molar-refractivity contribution in [1.29, 1.82) is 0 Å². The van der Waals surface area contributed by atoms with Gasteiger partial charge in [0.2, 0.25) is 0 Å². The van der Waals surface area contributed by atoms with Gasteiger partial charge >= 0.3 is 0 Å². The van der Waals surface area contributed by atoms with Crippen molar-refractivity contribution in [3.05, 3.63) is 0 Å². The molecule has 2 nitrogen and oxygen atoms in total. The molecule has 0 bridgehead atoms. The number of nitrogens with one attached hydrogen (secondary N) is 1. The van der Waals surface area contributed by atoms with Crippen molar-refractivity contribution in [2.24, 2.45) is 5.92 Å². The maximum Gasteiger partial charge on any atom is 0.0459 e. The number of hydrogen-bond acceptors (Lipinski definition) is 2. The molecule has 1 saturated carbocycles. The minimum absolute atomic E-state index is 0.371. The Bertz CT molecular complexity index is 114. The van der Waals surface area contributed by atoms with Crippen molar-refractivity contribution >= 4 is 0 Å². The van der Waals surface area contributed by atoms with E-state index in [9.17, 15) is 0 Å². The standard InChI is InChI=1S/C9H19NO/c1-7(2)10-9-4-3-8(5-9)6-11/h7-11H,3-6H2,1-2H3. The lowest BCUT2D eigenvalue weighted by Crippen LogP contribution is -2.32. The molecule has 11 heavy (non-hydrogen) atoms. The average molecular weight is 157 g/mol. The van der Waals surface area contributed by atoms with Crippen molar-refractivity contribution < 1.29 is 5.11 Å². The highest BCUT2D eigenvalue weighted by Crippen LogP contribution is 2.24. The van der Waals surface area contributed by atoms with E-state index in [2.05, 4.69) is 19.2 Å². The Morgan fingerprint density at radius 2 is 2.18 bits per heavy atom. The summed E-state index contributed by atoms with van der Waals surface area (Å²) in [5.41, 5.74) is 0. The van der Waals surface area contributed by atoms with Crippen molar-refractivity contribution in [2.75, 3.05) is 6.61 Å². The van der Waals surface area contributed by atoms with Crippen LogP contribution in [0, 0.1) is 5.92 Å². The lowest BCUT2D eigenvalue weighted by molar-refractivity contribution is 0.227. The molecule has 0 heterocycles. The second-order valence-corrected chi connectivity index (χ2v) is 3.88. The fourth-order valence-corrected chi connectivity index (χ4v) is 1.86. The number of rotatable bonds is 3. The van der Waals surface area contributed by atoms with Crippen LogP contribution in [0.4, 0.5) is 0 Å². The Labute approximate surface area is 69.0 Å². The van der Waals surface area contributed by atoms with Crippen molar-refractivity contribution in [1.82, 2.24) is 5.32 Å². The van der Waals surface area contributed by atoms with E-state index in [1.165, 1.54) is 12.8 Å². The first-order chi connectivity index (χ1) is 5.22. The van der Waals surface area contributed by atoms with Gasteiger partial charge in [-0.25, -0.2) is 0 Å². The number of hydrogen-bond donors (Lipinski definition) is 2. The van der Waals surface area contributed by atoms with Gasteiger partial charge < -0.3 is 10.4 Å². The summed E-state index contributed by atoms with van der Waals surface area (Å²) < 4.78 is 0. The van der Waals surface area contributed by atoms with Gasteiger partial charge in [-0.15, -0.1) is 0 Å². The van der Waals surface area contributed by atoms with Gasteiger partial charge in [0.1, 0.15) is 0 Å². The molecule has 2 unspecified atom stereocenters. The van der Waals surface area contributed by atoms with Gasteiger partial charge in [0.15, 0.2) is 0 Å². The molecule has 0 aromatic carbocycles. The summed E-state index contributed by atoms with van der Waals surface area (Å²) in [6.45, 7) is 4.72. The van der Waals surface area contributed by atoms with Crippen LogP contribution in [-0.2, 0) is 0 Å². The SMILES string of the molecule is CC(C)NC1CCC(CO)C1. The molecular weight excluding hydrogens is 138 g/mol. The largest absolute Gasteiger partial charge is 0.396 e. The highest BCUT2D eigenvalue weighted by molar-refractivity contribution is 4.80. The van der Waals surface area contributed by atoms with Crippen LogP contribution in [0.2, 0.25) is 0 Å². The molecule has 2 atom stereocenters. The summed E-state index contributed by atoms with van der Waals surface area (Å²) in [4.78, 5) is 0. The van der Waals surface area contributed by atoms with Gasteiger partial charge in [-0.3, -0.25) is 0 Å². The molecule has 1 rings (SSSR count). The monoisotopic (exact) mass is 157 g/mol. The predicted octanol–water partition coefficient (Wildman–Crippen LogP) is 1.15. The van der Waals surface area contributed by atoms with E-state index in [0.717, 1.165) is 6.42 Å². The fourth-order valence-electron chi connectivity index (χ4n) is 1.86. The van der Waals surface area contributed by atoms with Crippen molar-refractivity contribution in [3.63, 3.8) is 0 Å². The quantitative estimate of drug-likeness (QED) is 0.644. The maximum atomic E-state index is 8.89. The number of aliphatic hydroxyl groups is 1. The predicted molar refractivity (Wildman–Crippen MR) is 46.5 cm³/mol. The third-order valence-corrected chi connectivity index (χ3v) is 2.37. The number of aliphatic hydroxyl groups excluding tert-OH is 1. The Hall–Kier alpha value is -0.0800. The summed E-state index contributed by atoms with van der Waals surface area (Å²) in [6.07, 6.45) is 3.60. The van der Waals surface area contributed by atoms with Gasteiger partial charge in [0.05, 0.1) is 0 Å². The van der Waals surface area contributed by atoms with Crippen molar-refractivity contribution in [2.45, 2.75) is 45.2 Å². The van der Waals surface area contributed by atoms with E-state index in [0.29, 0.717) is 24.6 Å². The van der Waals surface area contributed by atoms with E-state index in [4.69, 9.17) is 5.11 Å². The maximum absolute atomic E-state index is 8.89. The topological polar surface area (TPSA) is 32.3 Å². The molecule has 0 amide bonds. The summed E-state index contributed by atoms with van der Waals surface area (Å²) in [6, 6.07) is 1.24. The first-order valence-corrected chi connectivity index (χ1v) is 4.59. The second-order valence-electron chi connectivity index (χ2n) is 3.88. The minimum atomic E-state index is 0.371. The summed E-state index contributed by atoms with van der Waals surface area (Å²) in [7, 11) is 0. The van der Waals surface area contributed by atoms with Crippen LogP contribution in [0.15, 0.2) is 0 Å². The lowest BCUT2D eigenvalue weighted by Gasteiger charge is -2.15. The lowest BCUT2D eigenvalue weighted by atomic mass is 10.1. The van der Waals surface area contributed by atoms with Crippen LogP contribution in [0.25, 0.3) is 0 Å². The Balaban J connectivity index is 2.19. The van der Waals surface area contributed by atoms with Crippen LogP contribution < -0.4 is 5.32 Å². The smallest absolute Gasteiger partial charge is 0.0459 e. The van der Waals surface area contributed by atoms with E-state index in [1.54, 1.807) is 0 Å².